The first-order valence-corrected chi connectivity index (χ1v) is 8.68. The van der Waals surface area contributed by atoms with Gasteiger partial charge in [-0.3, -0.25) is 4.79 Å². The predicted octanol–water partition coefficient (Wildman–Crippen LogP) is 4.75. The maximum absolute atomic E-state index is 11.9. The molecule has 0 aliphatic carbocycles. The lowest BCUT2D eigenvalue weighted by Crippen LogP contribution is -2.13. The van der Waals surface area contributed by atoms with E-state index in [1.54, 1.807) is 29.5 Å². The van der Waals surface area contributed by atoms with Crippen molar-refractivity contribution in [1.29, 1.82) is 0 Å². The van der Waals surface area contributed by atoms with Crippen molar-refractivity contribution in [2.75, 3.05) is 5.32 Å². The van der Waals surface area contributed by atoms with E-state index in [-0.39, 0.29) is 5.91 Å². The van der Waals surface area contributed by atoms with Gasteiger partial charge in [-0.2, -0.15) is 0 Å². The third-order valence-corrected chi connectivity index (χ3v) is 5.04. The largest absolute Gasteiger partial charge is 0.300 e. The SMILES string of the molecule is O=C(Cc1cccs1)Nc1nnc(-c2ccc(Cl)cc2Cl)s1. The van der Waals surface area contributed by atoms with Crippen molar-refractivity contribution < 1.29 is 4.79 Å². The van der Waals surface area contributed by atoms with Gasteiger partial charge in [0, 0.05) is 15.5 Å². The zero-order chi connectivity index (χ0) is 15.5. The van der Waals surface area contributed by atoms with Gasteiger partial charge in [-0.05, 0) is 29.6 Å². The molecule has 0 spiro atoms. The molecule has 4 nitrogen and oxygen atoms in total. The van der Waals surface area contributed by atoms with Crippen molar-refractivity contribution in [1.82, 2.24) is 10.2 Å². The Bertz CT molecular complexity index is 802. The minimum Gasteiger partial charge on any atom is -0.300 e. The Labute approximate surface area is 144 Å². The van der Waals surface area contributed by atoms with Gasteiger partial charge in [0.05, 0.1) is 11.4 Å². The Kier molecular flexibility index (Phi) is 4.73. The smallest absolute Gasteiger partial charge is 0.231 e. The van der Waals surface area contributed by atoms with Gasteiger partial charge in [0.2, 0.25) is 11.0 Å². The van der Waals surface area contributed by atoms with E-state index in [2.05, 4.69) is 15.5 Å². The molecule has 3 rings (SSSR count). The van der Waals surface area contributed by atoms with Crippen LogP contribution in [0.5, 0.6) is 0 Å². The van der Waals surface area contributed by atoms with Crippen LogP contribution < -0.4 is 5.32 Å². The molecule has 22 heavy (non-hydrogen) atoms. The number of nitrogens with one attached hydrogen (secondary N) is 1. The number of aromatic nitrogens is 2. The van der Waals surface area contributed by atoms with Crippen molar-refractivity contribution in [3.05, 3.63) is 50.6 Å². The molecule has 3 aromatic rings. The van der Waals surface area contributed by atoms with Crippen molar-refractivity contribution >= 4 is 56.9 Å². The summed E-state index contributed by atoms with van der Waals surface area (Å²) in [5.74, 6) is -0.118. The predicted molar refractivity (Wildman–Crippen MR) is 92.0 cm³/mol. The van der Waals surface area contributed by atoms with Crippen LogP contribution in [-0.2, 0) is 11.2 Å². The number of nitrogens with zero attached hydrogens (tertiary/aromatic N) is 2. The van der Waals surface area contributed by atoms with Gasteiger partial charge in [0.15, 0.2) is 5.01 Å². The van der Waals surface area contributed by atoms with Gasteiger partial charge in [-0.25, -0.2) is 0 Å². The highest BCUT2D eigenvalue weighted by Gasteiger charge is 2.13. The molecule has 1 N–H and O–H groups in total. The summed E-state index contributed by atoms with van der Waals surface area (Å²) in [4.78, 5) is 12.9. The van der Waals surface area contributed by atoms with Crippen LogP contribution in [0.2, 0.25) is 10.0 Å². The van der Waals surface area contributed by atoms with E-state index in [1.807, 2.05) is 17.5 Å². The highest BCUT2D eigenvalue weighted by molar-refractivity contribution is 7.18. The molecule has 8 heteroatoms. The normalized spacial score (nSPS) is 10.6. The minimum absolute atomic E-state index is 0.118. The summed E-state index contributed by atoms with van der Waals surface area (Å²) in [6, 6.07) is 9.00. The summed E-state index contributed by atoms with van der Waals surface area (Å²) in [5, 5.41) is 14.9. The van der Waals surface area contributed by atoms with Crippen LogP contribution >= 0.6 is 45.9 Å². The van der Waals surface area contributed by atoms with Crippen molar-refractivity contribution in [3.63, 3.8) is 0 Å². The molecule has 0 aliphatic heterocycles. The number of hydrogen-bond acceptors (Lipinski definition) is 5. The van der Waals surface area contributed by atoms with E-state index in [4.69, 9.17) is 23.2 Å². The zero-order valence-electron chi connectivity index (χ0n) is 11.0. The first-order valence-electron chi connectivity index (χ1n) is 6.23. The van der Waals surface area contributed by atoms with Crippen molar-refractivity contribution in [2.24, 2.45) is 0 Å². The van der Waals surface area contributed by atoms with E-state index in [0.29, 0.717) is 26.6 Å². The van der Waals surface area contributed by atoms with Gasteiger partial charge >= 0.3 is 0 Å². The molecule has 0 radical (unpaired) electrons. The number of hydrogen-bond donors (Lipinski definition) is 1. The summed E-state index contributed by atoms with van der Waals surface area (Å²) in [5.41, 5.74) is 0.738. The molecule has 0 saturated carbocycles. The van der Waals surface area contributed by atoms with Crippen LogP contribution in [0.15, 0.2) is 35.7 Å². The minimum atomic E-state index is -0.118. The second kappa shape index (κ2) is 6.75. The molecule has 2 heterocycles. The average molecular weight is 370 g/mol. The Hall–Kier alpha value is -1.47. The van der Waals surface area contributed by atoms with Crippen LogP contribution in [0.1, 0.15) is 4.88 Å². The van der Waals surface area contributed by atoms with Crippen LogP contribution in [0, 0.1) is 0 Å². The van der Waals surface area contributed by atoms with E-state index < -0.39 is 0 Å². The second-order valence-electron chi connectivity index (χ2n) is 4.34. The van der Waals surface area contributed by atoms with Gasteiger partial charge in [-0.1, -0.05) is 40.6 Å². The number of carbonyl (C=O) groups is 1. The summed E-state index contributed by atoms with van der Waals surface area (Å²) in [6.45, 7) is 0. The summed E-state index contributed by atoms with van der Waals surface area (Å²) < 4.78 is 0. The molecule has 1 aromatic carbocycles. The van der Waals surface area contributed by atoms with Crippen molar-refractivity contribution in [2.45, 2.75) is 6.42 Å². The Morgan fingerprint density at radius 3 is 2.82 bits per heavy atom. The molecule has 1 amide bonds. The second-order valence-corrected chi connectivity index (χ2v) is 7.19. The van der Waals surface area contributed by atoms with Gasteiger partial charge < -0.3 is 5.32 Å². The van der Waals surface area contributed by atoms with Crippen LogP contribution in [0.3, 0.4) is 0 Å². The fourth-order valence-electron chi connectivity index (χ4n) is 1.78. The Morgan fingerprint density at radius 1 is 1.23 bits per heavy atom. The van der Waals surface area contributed by atoms with E-state index in [1.165, 1.54) is 11.3 Å². The van der Waals surface area contributed by atoms with Crippen LogP contribution in [-0.4, -0.2) is 16.1 Å². The van der Waals surface area contributed by atoms with Gasteiger partial charge in [-0.15, -0.1) is 21.5 Å². The van der Waals surface area contributed by atoms with Crippen LogP contribution in [0.4, 0.5) is 5.13 Å². The van der Waals surface area contributed by atoms with E-state index in [9.17, 15) is 4.79 Å². The number of thiophene rings is 1. The monoisotopic (exact) mass is 369 g/mol. The molecular formula is C14H9Cl2N3OS2. The standard InChI is InChI=1S/C14H9Cl2N3OS2/c15-8-3-4-10(11(16)6-8)13-18-19-14(22-13)17-12(20)7-9-2-1-5-21-9/h1-6H,7H2,(H,17,19,20). The van der Waals surface area contributed by atoms with Gasteiger partial charge in [0.1, 0.15) is 0 Å². The summed E-state index contributed by atoms with van der Waals surface area (Å²) >= 11 is 14.8. The third kappa shape index (κ3) is 3.64. The fourth-order valence-corrected chi connectivity index (χ4v) is 3.84. The van der Waals surface area contributed by atoms with Crippen molar-refractivity contribution in [3.8, 4) is 10.6 Å². The number of carbonyl (C=O) groups excluding carboxylic acids is 1. The quantitative estimate of drug-likeness (QED) is 0.721. The highest BCUT2D eigenvalue weighted by atomic mass is 35.5. The maximum Gasteiger partial charge on any atom is 0.231 e. The number of benzene rings is 1. The summed E-state index contributed by atoms with van der Waals surface area (Å²) in [7, 11) is 0. The molecule has 2 aromatic heterocycles. The molecule has 0 fully saturated rings. The topological polar surface area (TPSA) is 54.9 Å². The molecule has 112 valence electrons. The molecule has 0 aliphatic rings. The molecular weight excluding hydrogens is 361 g/mol. The fraction of sp³-hybridized carbons (Fsp3) is 0.0714. The Balaban J connectivity index is 1.72. The third-order valence-electron chi connectivity index (χ3n) is 2.75. The molecule has 0 bridgehead atoms. The zero-order valence-corrected chi connectivity index (χ0v) is 14.2. The Morgan fingerprint density at radius 2 is 2.09 bits per heavy atom. The van der Waals surface area contributed by atoms with Gasteiger partial charge in [0.25, 0.3) is 0 Å². The highest BCUT2D eigenvalue weighted by Crippen LogP contribution is 2.33. The lowest BCUT2D eigenvalue weighted by Gasteiger charge is -2.00. The molecule has 0 atom stereocenters. The average Bonchev–Trinajstić information content (AvgIpc) is 3.10. The molecule has 0 unspecified atom stereocenters. The first kappa shape index (κ1) is 15.4. The number of amides is 1. The lowest BCUT2D eigenvalue weighted by atomic mass is 10.2. The van der Waals surface area contributed by atoms with E-state index in [0.717, 1.165) is 10.4 Å². The molecule has 0 saturated heterocycles. The van der Waals surface area contributed by atoms with Crippen LogP contribution in [0.25, 0.3) is 10.6 Å². The summed E-state index contributed by atoms with van der Waals surface area (Å²) in [6.07, 6.45) is 0.328. The maximum atomic E-state index is 11.9. The first-order chi connectivity index (χ1) is 10.6. The number of halogens is 2. The lowest BCUT2D eigenvalue weighted by molar-refractivity contribution is -0.115. The van der Waals surface area contributed by atoms with E-state index >= 15 is 0 Å². The number of rotatable bonds is 4. The number of anilines is 1.